The Morgan fingerprint density at radius 3 is 2.57 bits per heavy atom. The molecule has 84 valence electrons. The highest BCUT2D eigenvalue weighted by atomic mass is 16.5. The number of hydrogen-bond acceptors (Lipinski definition) is 4. The van der Waals surface area contributed by atoms with Gasteiger partial charge in [-0.3, -0.25) is 4.90 Å². The third kappa shape index (κ3) is 3.92. The van der Waals surface area contributed by atoms with Crippen molar-refractivity contribution in [3.63, 3.8) is 0 Å². The van der Waals surface area contributed by atoms with Crippen molar-refractivity contribution in [2.75, 3.05) is 53.1 Å². The largest absolute Gasteiger partial charge is 0.383 e. The van der Waals surface area contributed by atoms with E-state index in [4.69, 9.17) is 9.47 Å². The summed E-state index contributed by atoms with van der Waals surface area (Å²) in [5.74, 6) is 0. The first-order valence-corrected chi connectivity index (χ1v) is 5.40. The van der Waals surface area contributed by atoms with Crippen LogP contribution in [0.4, 0.5) is 0 Å². The van der Waals surface area contributed by atoms with Crippen LogP contribution in [0.5, 0.6) is 0 Å². The van der Waals surface area contributed by atoms with Gasteiger partial charge >= 0.3 is 0 Å². The van der Waals surface area contributed by atoms with Gasteiger partial charge in [-0.1, -0.05) is 0 Å². The molecule has 0 saturated carbocycles. The highest BCUT2D eigenvalue weighted by Crippen LogP contribution is 2.03. The molecule has 1 aliphatic rings. The minimum absolute atomic E-state index is 0.419. The molecule has 0 radical (unpaired) electrons. The van der Waals surface area contributed by atoms with Crippen LogP contribution in [-0.4, -0.2) is 64.1 Å². The molecule has 14 heavy (non-hydrogen) atoms. The third-order valence-corrected chi connectivity index (χ3v) is 2.54. The Kier molecular flexibility index (Phi) is 6.10. The third-order valence-electron chi connectivity index (χ3n) is 2.54. The maximum atomic E-state index is 5.46. The first kappa shape index (κ1) is 11.9. The van der Waals surface area contributed by atoms with Gasteiger partial charge < -0.3 is 14.8 Å². The maximum absolute atomic E-state index is 5.46. The van der Waals surface area contributed by atoms with Crippen molar-refractivity contribution in [2.45, 2.75) is 13.0 Å². The van der Waals surface area contributed by atoms with Crippen LogP contribution >= 0.6 is 0 Å². The van der Waals surface area contributed by atoms with Gasteiger partial charge in [-0.25, -0.2) is 0 Å². The van der Waals surface area contributed by atoms with Crippen molar-refractivity contribution in [3.8, 4) is 0 Å². The smallest absolute Gasteiger partial charge is 0.0644 e. The van der Waals surface area contributed by atoms with Crippen LogP contribution in [0.3, 0.4) is 0 Å². The minimum atomic E-state index is 0.419. The SMILES string of the molecule is CCOCC(COC)N1CCNCC1. The minimum Gasteiger partial charge on any atom is -0.383 e. The molecule has 4 nitrogen and oxygen atoms in total. The predicted molar refractivity (Wildman–Crippen MR) is 56.6 cm³/mol. The Hall–Kier alpha value is -0.160. The highest BCUT2D eigenvalue weighted by molar-refractivity contribution is 4.76. The molecule has 1 unspecified atom stereocenters. The summed E-state index contributed by atoms with van der Waals surface area (Å²) in [4.78, 5) is 2.44. The molecule has 0 aromatic carbocycles. The van der Waals surface area contributed by atoms with Crippen molar-refractivity contribution in [3.05, 3.63) is 0 Å². The summed E-state index contributed by atoms with van der Waals surface area (Å²) in [6.07, 6.45) is 0. The van der Waals surface area contributed by atoms with Gasteiger partial charge in [-0.15, -0.1) is 0 Å². The molecule has 0 amide bonds. The molecular weight excluding hydrogens is 180 g/mol. The van der Waals surface area contributed by atoms with E-state index in [0.717, 1.165) is 46.0 Å². The topological polar surface area (TPSA) is 33.7 Å². The van der Waals surface area contributed by atoms with Crippen molar-refractivity contribution in [1.29, 1.82) is 0 Å². The second-order valence-electron chi connectivity index (χ2n) is 3.55. The quantitative estimate of drug-likeness (QED) is 0.654. The molecule has 1 atom stereocenters. The van der Waals surface area contributed by atoms with Crippen LogP contribution in [0, 0.1) is 0 Å². The summed E-state index contributed by atoms with van der Waals surface area (Å²) >= 11 is 0. The lowest BCUT2D eigenvalue weighted by atomic mass is 10.2. The van der Waals surface area contributed by atoms with E-state index in [-0.39, 0.29) is 0 Å². The monoisotopic (exact) mass is 202 g/mol. The Morgan fingerprint density at radius 1 is 1.29 bits per heavy atom. The average Bonchev–Trinajstić information content (AvgIpc) is 2.25. The van der Waals surface area contributed by atoms with E-state index in [9.17, 15) is 0 Å². The van der Waals surface area contributed by atoms with E-state index in [1.807, 2.05) is 6.92 Å². The number of methoxy groups -OCH3 is 1. The van der Waals surface area contributed by atoms with E-state index >= 15 is 0 Å². The number of hydrogen-bond donors (Lipinski definition) is 1. The summed E-state index contributed by atoms with van der Waals surface area (Å²) in [5.41, 5.74) is 0. The fourth-order valence-corrected chi connectivity index (χ4v) is 1.75. The van der Waals surface area contributed by atoms with Crippen LogP contribution in [0.25, 0.3) is 0 Å². The van der Waals surface area contributed by atoms with Crippen LogP contribution in [-0.2, 0) is 9.47 Å². The molecule has 0 bridgehead atoms. The normalized spacial score (nSPS) is 21.0. The first-order valence-electron chi connectivity index (χ1n) is 5.40. The molecule has 0 aliphatic carbocycles. The van der Waals surface area contributed by atoms with Gasteiger partial charge in [-0.05, 0) is 6.92 Å². The average molecular weight is 202 g/mol. The molecule has 1 N–H and O–H groups in total. The Labute approximate surface area is 86.6 Å². The van der Waals surface area contributed by atoms with Crippen molar-refractivity contribution in [2.24, 2.45) is 0 Å². The summed E-state index contributed by atoms with van der Waals surface area (Å²) < 4.78 is 10.7. The number of piperazine rings is 1. The molecule has 0 spiro atoms. The van der Waals surface area contributed by atoms with E-state index < -0.39 is 0 Å². The molecule has 1 rings (SSSR count). The van der Waals surface area contributed by atoms with Gasteiger partial charge in [0.1, 0.15) is 0 Å². The van der Waals surface area contributed by atoms with Gasteiger partial charge in [0.05, 0.1) is 19.3 Å². The molecule has 1 heterocycles. The van der Waals surface area contributed by atoms with E-state index in [1.165, 1.54) is 0 Å². The van der Waals surface area contributed by atoms with Gasteiger partial charge in [0.15, 0.2) is 0 Å². The standard InChI is InChI=1S/C10H22N2O2/c1-3-14-9-10(8-13-2)12-6-4-11-5-7-12/h10-11H,3-9H2,1-2H3. The van der Waals surface area contributed by atoms with Crippen molar-refractivity contribution >= 4 is 0 Å². The van der Waals surface area contributed by atoms with E-state index in [2.05, 4.69) is 10.2 Å². The fourth-order valence-electron chi connectivity index (χ4n) is 1.75. The molecular formula is C10H22N2O2. The molecule has 1 aliphatic heterocycles. The molecule has 0 aromatic heterocycles. The Morgan fingerprint density at radius 2 is 2.00 bits per heavy atom. The van der Waals surface area contributed by atoms with Crippen molar-refractivity contribution in [1.82, 2.24) is 10.2 Å². The van der Waals surface area contributed by atoms with Gasteiger partial charge in [0, 0.05) is 39.9 Å². The molecule has 1 fully saturated rings. The molecule has 4 heteroatoms. The molecule has 0 aromatic rings. The summed E-state index contributed by atoms with van der Waals surface area (Å²) in [7, 11) is 1.75. The van der Waals surface area contributed by atoms with Crippen LogP contribution in [0.2, 0.25) is 0 Å². The zero-order valence-corrected chi connectivity index (χ0v) is 9.29. The van der Waals surface area contributed by atoms with Gasteiger partial charge in [0.25, 0.3) is 0 Å². The summed E-state index contributed by atoms with van der Waals surface area (Å²) in [5, 5.41) is 3.34. The molecule has 1 saturated heterocycles. The maximum Gasteiger partial charge on any atom is 0.0644 e. The lowest BCUT2D eigenvalue weighted by Crippen LogP contribution is -2.51. The van der Waals surface area contributed by atoms with Crippen LogP contribution < -0.4 is 5.32 Å². The fraction of sp³-hybridized carbons (Fsp3) is 1.00. The second kappa shape index (κ2) is 7.17. The Bertz CT molecular complexity index is 138. The van der Waals surface area contributed by atoms with Gasteiger partial charge in [-0.2, -0.15) is 0 Å². The summed E-state index contributed by atoms with van der Waals surface area (Å²) in [6.45, 7) is 8.71. The number of nitrogens with zero attached hydrogens (tertiary/aromatic N) is 1. The zero-order chi connectivity index (χ0) is 10.2. The number of ether oxygens (including phenoxy) is 2. The van der Waals surface area contributed by atoms with E-state index in [1.54, 1.807) is 7.11 Å². The number of rotatable bonds is 6. The van der Waals surface area contributed by atoms with Crippen molar-refractivity contribution < 1.29 is 9.47 Å². The van der Waals surface area contributed by atoms with Crippen LogP contribution in [0.15, 0.2) is 0 Å². The predicted octanol–water partition coefficient (Wildman–Crippen LogP) is -0.0569. The zero-order valence-electron chi connectivity index (χ0n) is 9.29. The second-order valence-corrected chi connectivity index (χ2v) is 3.55. The number of nitrogens with one attached hydrogen (secondary N) is 1. The first-order chi connectivity index (χ1) is 6.88. The van der Waals surface area contributed by atoms with Gasteiger partial charge in [0.2, 0.25) is 0 Å². The highest BCUT2D eigenvalue weighted by Gasteiger charge is 2.20. The van der Waals surface area contributed by atoms with E-state index in [0.29, 0.717) is 6.04 Å². The lowest BCUT2D eigenvalue weighted by molar-refractivity contribution is 0.0174. The summed E-state index contributed by atoms with van der Waals surface area (Å²) in [6, 6.07) is 0.419. The Balaban J connectivity index is 2.30. The lowest BCUT2D eigenvalue weighted by Gasteiger charge is -2.34. The van der Waals surface area contributed by atoms with Crippen LogP contribution in [0.1, 0.15) is 6.92 Å².